The standard InChI is InChI=1S/C22H27NO.ClH/c1-4-15-22(24)16(2)20(18-11-7-5-8-12-18)23-21(17(22)3)19-13-9-6-10-14-19;/h4-14,16-17,20-21,23-24H,1,15H2,2-3H3;1H. The van der Waals surface area contributed by atoms with Crippen LogP contribution in [0.1, 0.15) is 43.5 Å². The van der Waals surface area contributed by atoms with E-state index in [1.165, 1.54) is 11.1 Å². The van der Waals surface area contributed by atoms with Crippen LogP contribution in [-0.2, 0) is 0 Å². The van der Waals surface area contributed by atoms with Crippen molar-refractivity contribution >= 4 is 12.4 Å². The number of aliphatic hydroxyl groups is 1. The fourth-order valence-electron chi connectivity index (χ4n) is 4.17. The van der Waals surface area contributed by atoms with Gasteiger partial charge in [0, 0.05) is 23.9 Å². The summed E-state index contributed by atoms with van der Waals surface area (Å²) in [5, 5.41) is 15.4. The summed E-state index contributed by atoms with van der Waals surface area (Å²) in [5.74, 6) is 0.181. The van der Waals surface area contributed by atoms with Crippen molar-refractivity contribution in [3.8, 4) is 0 Å². The van der Waals surface area contributed by atoms with Crippen LogP contribution in [0.25, 0.3) is 0 Å². The van der Waals surface area contributed by atoms with Gasteiger partial charge in [0.15, 0.2) is 0 Å². The number of hydrogen-bond donors (Lipinski definition) is 2. The van der Waals surface area contributed by atoms with Gasteiger partial charge in [0.25, 0.3) is 0 Å². The quantitative estimate of drug-likeness (QED) is 0.748. The fraction of sp³-hybridized carbons (Fsp3) is 0.364. The summed E-state index contributed by atoms with van der Waals surface area (Å²) in [5.41, 5.74) is 1.66. The van der Waals surface area contributed by atoms with Crippen LogP contribution >= 0.6 is 12.4 Å². The first kappa shape index (κ1) is 19.7. The molecule has 2 nitrogen and oxygen atoms in total. The van der Waals surface area contributed by atoms with Gasteiger partial charge in [-0.05, 0) is 17.5 Å². The van der Waals surface area contributed by atoms with Crippen LogP contribution in [0, 0.1) is 11.8 Å². The molecule has 1 heterocycles. The third-order valence-electron chi connectivity index (χ3n) is 5.72. The van der Waals surface area contributed by atoms with E-state index in [1.807, 2.05) is 18.2 Å². The Morgan fingerprint density at radius 2 is 1.32 bits per heavy atom. The Morgan fingerprint density at radius 3 is 1.68 bits per heavy atom. The molecular formula is C22H28ClNO. The van der Waals surface area contributed by atoms with Crippen LogP contribution < -0.4 is 5.32 Å². The topological polar surface area (TPSA) is 32.3 Å². The Bertz CT molecular complexity index is 621. The Labute approximate surface area is 157 Å². The minimum atomic E-state index is -0.784. The Kier molecular flexibility index (Phi) is 6.45. The smallest absolute Gasteiger partial charge is 0.0768 e. The highest BCUT2D eigenvalue weighted by atomic mass is 35.5. The number of halogens is 1. The maximum Gasteiger partial charge on any atom is 0.0768 e. The van der Waals surface area contributed by atoms with Crippen LogP contribution in [0.2, 0.25) is 0 Å². The molecule has 2 aromatic carbocycles. The van der Waals surface area contributed by atoms with E-state index in [4.69, 9.17) is 0 Å². The van der Waals surface area contributed by atoms with Gasteiger partial charge in [0.1, 0.15) is 0 Å². The van der Waals surface area contributed by atoms with E-state index in [9.17, 15) is 5.11 Å². The first-order valence-electron chi connectivity index (χ1n) is 8.77. The van der Waals surface area contributed by atoms with E-state index < -0.39 is 5.60 Å². The molecule has 1 aliphatic rings. The monoisotopic (exact) mass is 357 g/mol. The lowest BCUT2D eigenvalue weighted by Crippen LogP contribution is -2.57. The van der Waals surface area contributed by atoms with Crippen molar-refractivity contribution in [2.45, 2.75) is 38.0 Å². The molecule has 3 rings (SSSR count). The second-order valence-corrected chi connectivity index (χ2v) is 7.00. The van der Waals surface area contributed by atoms with E-state index in [0.29, 0.717) is 6.42 Å². The number of rotatable bonds is 4. The highest BCUT2D eigenvalue weighted by molar-refractivity contribution is 5.85. The summed E-state index contributed by atoms with van der Waals surface area (Å²) in [6.45, 7) is 8.17. The van der Waals surface area contributed by atoms with Crippen molar-refractivity contribution in [1.29, 1.82) is 0 Å². The maximum absolute atomic E-state index is 11.6. The van der Waals surface area contributed by atoms with E-state index in [0.717, 1.165) is 0 Å². The van der Waals surface area contributed by atoms with Gasteiger partial charge in [-0.2, -0.15) is 0 Å². The first-order valence-corrected chi connectivity index (χ1v) is 8.77. The first-order chi connectivity index (χ1) is 11.6. The van der Waals surface area contributed by atoms with Crippen molar-refractivity contribution in [3.63, 3.8) is 0 Å². The minimum Gasteiger partial charge on any atom is -0.389 e. The predicted molar refractivity (Wildman–Crippen MR) is 107 cm³/mol. The Hall–Kier alpha value is -1.61. The maximum atomic E-state index is 11.6. The molecule has 0 aromatic heterocycles. The normalized spacial score (nSPS) is 31.8. The molecular weight excluding hydrogens is 330 g/mol. The van der Waals surface area contributed by atoms with Crippen molar-refractivity contribution in [1.82, 2.24) is 5.32 Å². The zero-order chi connectivity index (χ0) is 17.2. The average Bonchev–Trinajstić information content (AvgIpc) is 2.62. The summed E-state index contributed by atoms with van der Waals surface area (Å²) < 4.78 is 0. The summed E-state index contributed by atoms with van der Waals surface area (Å²) in [6.07, 6.45) is 2.45. The molecule has 0 radical (unpaired) electrons. The zero-order valence-corrected chi connectivity index (χ0v) is 15.7. The number of benzene rings is 2. The molecule has 2 N–H and O–H groups in total. The second kappa shape index (κ2) is 8.18. The minimum absolute atomic E-state index is 0. The van der Waals surface area contributed by atoms with E-state index in [2.05, 4.69) is 74.3 Å². The Morgan fingerprint density at radius 1 is 0.920 bits per heavy atom. The molecule has 0 aliphatic carbocycles. The van der Waals surface area contributed by atoms with Gasteiger partial charge in [-0.25, -0.2) is 0 Å². The molecule has 25 heavy (non-hydrogen) atoms. The lowest BCUT2D eigenvalue weighted by molar-refractivity contribution is -0.108. The third-order valence-corrected chi connectivity index (χ3v) is 5.72. The number of hydrogen-bond acceptors (Lipinski definition) is 2. The Balaban J connectivity index is 0.00000225. The summed E-state index contributed by atoms with van der Waals surface area (Å²) in [6, 6.07) is 21.1. The van der Waals surface area contributed by atoms with E-state index >= 15 is 0 Å². The molecule has 2 aromatic rings. The molecule has 0 amide bonds. The van der Waals surface area contributed by atoms with Gasteiger partial charge in [-0.1, -0.05) is 80.6 Å². The highest BCUT2D eigenvalue weighted by Crippen LogP contribution is 2.48. The van der Waals surface area contributed by atoms with E-state index in [-0.39, 0.29) is 36.3 Å². The van der Waals surface area contributed by atoms with Gasteiger partial charge in [-0.15, -0.1) is 19.0 Å². The van der Waals surface area contributed by atoms with Crippen molar-refractivity contribution < 1.29 is 5.11 Å². The van der Waals surface area contributed by atoms with Crippen molar-refractivity contribution in [3.05, 3.63) is 84.4 Å². The molecule has 1 fully saturated rings. The van der Waals surface area contributed by atoms with Gasteiger partial charge < -0.3 is 10.4 Å². The molecule has 1 aliphatic heterocycles. The summed E-state index contributed by atoms with van der Waals surface area (Å²) in [7, 11) is 0. The van der Waals surface area contributed by atoms with Crippen LogP contribution in [-0.4, -0.2) is 10.7 Å². The second-order valence-electron chi connectivity index (χ2n) is 7.00. The summed E-state index contributed by atoms with van der Waals surface area (Å²) >= 11 is 0. The van der Waals surface area contributed by atoms with Gasteiger partial charge in [0.05, 0.1) is 5.60 Å². The lowest BCUT2D eigenvalue weighted by Gasteiger charge is -2.52. The van der Waals surface area contributed by atoms with Gasteiger partial charge in [-0.3, -0.25) is 0 Å². The van der Waals surface area contributed by atoms with Crippen LogP contribution in [0.5, 0.6) is 0 Å². The molecule has 0 bridgehead atoms. The molecule has 0 spiro atoms. The number of nitrogens with one attached hydrogen (secondary N) is 1. The SMILES string of the molecule is C=CCC1(O)C(C)C(c2ccccc2)NC(c2ccccc2)C1C.Cl. The number of piperidine rings is 1. The molecule has 4 unspecified atom stereocenters. The lowest BCUT2D eigenvalue weighted by atomic mass is 9.65. The van der Waals surface area contributed by atoms with Crippen molar-refractivity contribution in [2.24, 2.45) is 11.8 Å². The molecule has 3 heteroatoms. The fourth-order valence-corrected chi connectivity index (χ4v) is 4.17. The van der Waals surface area contributed by atoms with Crippen LogP contribution in [0.3, 0.4) is 0 Å². The van der Waals surface area contributed by atoms with Gasteiger partial charge in [0.2, 0.25) is 0 Å². The highest BCUT2D eigenvalue weighted by Gasteiger charge is 2.50. The third kappa shape index (κ3) is 3.67. The molecule has 4 atom stereocenters. The summed E-state index contributed by atoms with van der Waals surface area (Å²) in [4.78, 5) is 0. The van der Waals surface area contributed by atoms with Crippen molar-refractivity contribution in [2.75, 3.05) is 0 Å². The largest absolute Gasteiger partial charge is 0.389 e. The van der Waals surface area contributed by atoms with Gasteiger partial charge >= 0.3 is 0 Å². The molecule has 0 saturated carbocycles. The van der Waals surface area contributed by atoms with E-state index in [1.54, 1.807) is 0 Å². The predicted octanol–water partition coefficient (Wildman–Crippen LogP) is 5.07. The van der Waals surface area contributed by atoms with Crippen LogP contribution in [0.4, 0.5) is 0 Å². The zero-order valence-electron chi connectivity index (χ0n) is 14.9. The average molecular weight is 358 g/mol. The van der Waals surface area contributed by atoms with Crippen LogP contribution in [0.15, 0.2) is 73.3 Å². The molecule has 1 saturated heterocycles. The molecule has 134 valence electrons.